The van der Waals surface area contributed by atoms with Gasteiger partial charge in [0, 0.05) is 18.8 Å². The topological polar surface area (TPSA) is 104 Å². The fourth-order valence-electron chi connectivity index (χ4n) is 3.29. The summed E-state index contributed by atoms with van der Waals surface area (Å²) in [6.45, 7) is 0.519. The molecule has 1 aliphatic heterocycles. The molecule has 1 amide bonds. The number of hydrogen-bond donors (Lipinski definition) is 2. The van der Waals surface area contributed by atoms with Crippen LogP contribution in [0.15, 0.2) is 46.1 Å². The van der Waals surface area contributed by atoms with Gasteiger partial charge in [-0.15, -0.1) is 0 Å². The van der Waals surface area contributed by atoms with Gasteiger partial charge in [0.05, 0.1) is 17.1 Å². The van der Waals surface area contributed by atoms with Gasteiger partial charge in [0.15, 0.2) is 0 Å². The van der Waals surface area contributed by atoms with Crippen molar-refractivity contribution in [2.24, 2.45) is 0 Å². The van der Waals surface area contributed by atoms with Gasteiger partial charge in [0.1, 0.15) is 12.4 Å². The number of likely N-dealkylation sites (tertiary alicyclic amines) is 1. The van der Waals surface area contributed by atoms with Crippen molar-refractivity contribution in [2.75, 3.05) is 6.54 Å². The van der Waals surface area contributed by atoms with Crippen molar-refractivity contribution in [3.63, 3.8) is 0 Å². The second-order valence-electron chi connectivity index (χ2n) is 6.12. The van der Waals surface area contributed by atoms with Crippen molar-refractivity contribution in [1.82, 2.24) is 24.4 Å². The molecule has 1 saturated heterocycles. The standard InChI is InChI=1S/C17H17N5O3/c23-14-7-9-21(17(25)20-14)10-15(24)22-8-3-6-13(22)16-18-11-4-1-2-5-12(11)19-16/h1-2,4-5,7,9,13H,3,6,8,10H2,(H,18,19)(H,20,23,25)/t13-/m0/s1. The zero-order valence-corrected chi connectivity index (χ0v) is 13.4. The molecular weight excluding hydrogens is 322 g/mol. The summed E-state index contributed by atoms with van der Waals surface area (Å²) >= 11 is 0. The molecule has 8 nitrogen and oxygen atoms in total. The van der Waals surface area contributed by atoms with Gasteiger partial charge in [-0.05, 0) is 25.0 Å². The number of hydrogen-bond acceptors (Lipinski definition) is 4. The second kappa shape index (κ2) is 6.04. The average Bonchev–Trinajstić information content (AvgIpc) is 3.23. The van der Waals surface area contributed by atoms with E-state index in [2.05, 4.69) is 15.0 Å². The Balaban J connectivity index is 1.59. The highest BCUT2D eigenvalue weighted by molar-refractivity contribution is 5.78. The number of carbonyl (C=O) groups is 1. The van der Waals surface area contributed by atoms with Gasteiger partial charge in [-0.25, -0.2) is 9.78 Å². The van der Waals surface area contributed by atoms with Gasteiger partial charge >= 0.3 is 5.69 Å². The van der Waals surface area contributed by atoms with Crippen LogP contribution < -0.4 is 11.2 Å². The Labute approximate surface area is 142 Å². The molecule has 8 heteroatoms. The zero-order chi connectivity index (χ0) is 17.4. The molecule has 0 bridgehead atoms. The van der Waals surface area contributed by atoms with Crippen molar-refractivity contribution in [3.8, 4) is 0 Å². The van der Waals surface area contributed by atoms with Crippen LogP contribution in [-0.2, 0) is 11.3 Å². The van der Waals surface area contributed by atoms with E-state index < -0.39 is 11.2 Å². The van der Waals surface area contributed by atoms with Crippen LogP contribution in [0, 0.1) is 0 Å². The first-order valence-electron chi connectivity index (χ1n) is 8.16. The highest BCUT2D eigenvalue weighted by atomic mass is 16.2. The molecule has 4 rings (SSSR count). The number of H-pyrrole nitrogens is 2. The highest BCUT2D eigenvalue weighted by Crippen LogP contribution is 2.31. The Morgan fingerprint density at radius 2 is 2.04 bits per heavy atom. The van der Waals surface area contributed by atoms with Crippen LogP contribution in [0.1, 0.15) is 24.7 Å². The largest absolute Gasteiger partial charge is 0.340 e. The van der Waals surface area contributed by atoms with E-state index in [1.54, 1.807) is 4.90 Å². The third-order valence-electron chi connectivity index (χ3n) is 4.50. The number of aromatic amines is 2. The van der Waals surface area contributed by atoms with Crippen molar-refractivity contribution >= 4 is 16.9 Å². The maximum Gasteiger partial charge on any atom is 0.328 e. The lowest BCUT2D eigenvalue weighted by atomic mass is 10.2. The predicted molar refractivity (Wildman–Crippen MR) is 91.1 cm³/mol. The number of para-hydroxylation sites is 2. The molecule has 0 radical (unpaired) electrons. The van der Waals surface area contributed by atoms with Crippen molar-refractivity contribution < 1.29 is 4.79 Å². The summed E-state index contributed by atoms with van der Waals surface area (Å²) in [6.07, 6.45) is 3.05. The summed E-state index contributed by atoms with van der Waals surface area (Å²) < 4.78 is 1.21. The Bertz CT molecular complexity index is 1010. The summed E-state index contributed by atoms with van der Waals surface area (Å²) in [5.41, 5.74) is 0.748. The van der Waals surface area contributed by atoms with E-state index in [-0.39, 0.29) is 18.5 Å². The quantitative estimate of drug-likeness (QED) is 0.736. The Morgan fingerprint density at radius 3 is 2.84 bits per heavy atom. The van der Waals surface area contributed by atoms with Crippen LogP contribution in [0.2, 0.25) is 0 Å². The third kappa shape index (κ3) is 2.86. The molecule has 1 fully saturated rings. The molecule has 3 aromatic rings. The molecule has 1 aromatic carbocycles. The van der Waals surface area contributed by atoms with Crippen LogP contribution in [-0.4, -0.2) is 36.9 Å². The van der Waals surface area contributed by atoms with Gasteiger partial charge < -0.3 is 9.88 Å². The minimum Gasteiger partial charge on any atom is -0.340 e. The number of nitrogens with zero attached hydrogens (tertiary/aromatic N) is 3. The number of rotatable bonds is 3. The van der Waals surface area contributed by atoms with E-state index in [0.717, 1.165) is 29.7 Å². The Morgan fingerprint density at radius 1 is 1.20 bits per heavy atom. The molecule has 0 aliphatic carbocycles. The average molecular weight is 339 g/mol. The lowest BCUT2D eigenvalue weighted by Crippen LogP contribution is -2.38. The van der Waals surface area contributed by atoms with Crippen LogP contribution in [0.3, 0.4) is 0 Å². The lowest BCUT2D eigenvalue weighted by Gasteiger charge is -2.23. The molecule has 25 heavy (non-hydrogen) atoms. The molecule has 1 aliphatic rings. The SMILES string of the molecule is O=C(Cn1ccc(=O)[nH]c1=O)N1CCC[C@H]1c1nc2ccccc2[nH]1. The second-order valence-corrected chi connectivity index (χ2v) is 6.12. The summed E-state index contributed by atoms with van der Waals surface area (Å²) in [5.74, 6) is 0.595. The summed E-state index contributed by atoms with van der Waals surface area (Å²) in [7, 11) is 0. The molecule has 128 valence electrons. The fourth-order valence-corrected chi connectivity index (χ4v) is 3.29. The normalized spacial score (nSPS) is 17.3. The first-order valence-corrected chi connectivity index (χ1v) is 8.16. The van der Waals surface area contributed by atoms with Crippen LogP contribution >= 0.6 is 0 Å². The lowest BCUT2D eigenvalue weighted by molar-refractivity contribution is -0.133. The van der Waals surface area contributed by atoms with E-state index >= 15 is 0 Å². The number of imidazole rings is 1. The van der Waals surface area contributed by atoms with Crippen LogP contribution in [0.4, 0.5) is 0 Å². The van der Waals surface area contributed by atoms with Gasteiger partial charge in [0.2, 0.25) is 5.91 Å². The molecule has 2 aromatic heterocycles. The van der Waals surface area contributed by atoms with Crippen molar-refractivity contribution in [1.29, 1.82) is 0 Å². The van der Waals surface area contributed by atoms with Crippen LogP contribution in [0.25, 0.3) is 11.0 Å². The van der Waals surface area contributed by atoms with E-state index in [4.69, 9.17) is 0 Å². The highest BCUT2D eigenvalue weighted by Gasteiger charge is 2.32. The van der Waals surface area contributed by atoms with Gasteiger partial charge in [-0.2, -0.15) is 0 Å². The van der Waals surface area contributed by atoms with E-state index in [1.165, 1.54) is 16.8 Å². The fraction of sp³-hybridized carbons (Fsp3) is 0.294. The minimum atomic E-state index is -0.583. The van der Waals surface area contributed by atoms with Gasteiger partial charge in [-0.1, -0.05) is 12.1 Å². The maximum absolute atomic E-state index is 12.7. The van der Waals surface area contributed by atoms with Crippen molar-refractivity contribution in [2.45, 2.75) is 25.4 Å². The minimum absolute atomic E-state index is 0.105. The third-order valence-corrected chi connectivity index (χ3v) is 4.50. The zero-order valence-electron chi connectivity index (χ0n) is 13.4. The first-order chi connectivity index (χ1) is 12.1. The van der Waals surface area contributed by atoms with Gasteiger partial charge in [-0.3, -0.25) is 19.1 Å². The molecule has 1 atom stereocenters. The monoisotopic (exact) mass is 339 g/mol. The number of carbonyl (C=O) groups excluding carboxylic acids is 1. The summed E-state index contributed by atoms with van der Waals surface area (Å²) in [5, 5.41) is 0. The Kier molecular flexibility index (Phi) is 3.72. The molecule has 2 N–H and O–H groups in total. The van der Waals surface area contributed by atoms with Crippen LogP contribution in [0.5, 0.6) is 0 Å². The summed E-state index contributed by atoms with van der Waals surface area (Å²) in [6, 6.07) is 8.84. The van der Waals surface area contributed by atoms with Gasteiger partial charge in [0.25, 0.3) is 5.56 Å². The molecule has 0 unspecified atom stereocenters. The molecule has 3 heterocycles. The van der Waals surface area contributed by atoms with E-state index in [9.17, 15) is 14.4 Å². The number of aromatic nitrogens is 4. The first kappa shape index (κ1) is 15.4. The Hall–Kier alpha value is -3.16. The molecular formula is C17H17N5O3. The predicted octanol–water partition coefficient (Wildman–Crippen LogP) is 0.777. The van der Waals surface area contributed by atoms with Crippen molar-refractivity contribution in [3.05, 3.63) is 63.2 Å². The maximum atomic E-state index is 12.7. The van der Waals surface area contributed by atoms with E-state index in [0.29, 0.717) is 6.54 Å². The number of amides is 1. The van der Waals surface area contributed by atoms with E-state index in [1.807, 2.05) is 24.3 Å². The number of nitrogens with one attached hydrogen (secondary N) is 2. The number of benzene rings is 1. The summed E-state index contributed by atoms with van der Waals surface area (Å²) in [4.78, 5) is 47.4. The number of fused-ring (bicyclic) bond motifs is 1. The molecule has 0 saturated carbocycles. The molecule has 0 spiro atoms. The smallest absolute Gasteiger partial charge is 0.328 e.